The van der Waals surface area contributed by atoms with Crippen molar-refractivity contribution in [3.63, 3.8) is 0 Å². The Bertz CT molecular complexity index is 775. The monoisotopic (exact) mass is 312 g/mol. The average molecular weight is 312 g/mol. The number of aromatic hydroxyl groups is 1. The molecule has 0 saturated carbocycles. The maximum absolute atomic E-state index is 11.9. The lowest BCUT2D eigenvalue weighted by Gasteiger charge is -2.37. The van der Waals surface area contributed by atoms with E-state index in [0.717, 1.165) is 25.7 Å². The number of hydrogen-bond donors (Lipinski definition) is 2. The van der Waals surface area contributed by atoms with Gasteiger partial charge in [0, 0.05) is 23.0 Å². The molecule has 2 aliphatic rings. The SMILES string of the molecule is CN1C2CCC1CC(c1c(O)nc3ccccc3c1C(=O)O)C2. The van der Waals surface area contributed by atoms with Crippen molar-refractivity contribution in [1.82, 2.24) is 9.88 Å². The normalized spacial score (nSPS) is 27.4. The van der Waals surface area contributed by atoms with Gasteiger partial charge in [0.15, 0.2) is 0 Å². The molecule has 2 aromatic rings. The zero-order valence-corrected chi connectivity index (χ0v) is 13.1. The molecule has 0 radical (unpaired) electrons. The summed E-state index contributed by atoms with van der Waals surface area (Å²) in [7, 11) is 2.15. The summed E-state index contributed by atoms with van der Waals surface area (Å²) < 4.78 is 0. The molecule has 1 aromatic heterocycles. The van der Waals surface area contributed by atoms with Gasteiger partial charge in [0.1, 0.15) is 0 Å². The van der Waals surface area contributed by atoms with Crippen LogP contribution in [-0.2, 0) is 0 Å². The Balaban J connectivity index is 1.88. The first kappa shape index (κ1) is 14.5. The lowest BCUT2D eigenvalue weighted by atomic mass is 9.82. The van der Waals surface area contributed by atoms with Crippen molar-refractivity contribution in [3.05, 3.63) is 35.4 Å². The summed E-state index contributed by atoms with van der Waals surface area (Å²) in [4.78, 5) is 18.6. The van der Waals surface area contributed by atoms with E-state index in [2.05, 4.69) is 16.9 Å². The summed E-state index contributed by atoms with van der Waals surface area (Å²) in [6.07, 6.45) is 4.09. The lowest BCUT2D eigenvalue weighted by Crippen LogP contribution is -2.39. The van der Waals surface area contributed by atoms with Crippen LogP contribution in [0, 0.1) is 0 Å². The smallest absolute Gasteiger partial charge is 0.336 e. The Morgan fingerprint density at radius 3 is 2.52 bits per heavy atom. The van der Waals surface area contributed by atoms with Crippen molar-refractivity contribution in [2.45, 2.75) is 43.7 Å². The highest BCUT2D eigenvalue weighted by molar-refractivity contribution is 6.04. The number of carboxylic acids is 1. The van der Waals surface area contributed by atoms with Crippen molar-refractivity contribution < 1.29 is 15.0 Å². The highest BCUT2D eigenvalue weighted by Gasteiger charge is 2.41. The van der Waals surface area contributed by atoms with Crippen LogP contribution in [0.25, 0.3) is 10.9 Å². The number of rotatable bonds is 2. The first-order chi connectivity index (χ1) is 11.1. The van der Waals surface area contributed by atoms with Gasteiger partial charge in [-0.15, -0.1) is 0 Å². The number of fused-ring (bicyclic) bond motifs is 3. The molecule has 3 heterocycles. The van der Waals surface area contributed by atoms with E-state index < -0.39 is 5.97 Å². The van der Waals surface area contributed by atoms with Crippen molar-refractivity contribution in [2.75, 3.05) is 7.05 Å². The van der Waals surface area contributed by atoms with E-state index >= 15 is 0 Å². The topological polar surface area (TPSA) is 73.7 Å². The molecule has 2 unspecified atom stereocenters. The van der Waals surface area contributed by atoms with E-state index in [1.54, 1.807) is 18.2 Å². The number of aromatic nitrogens is 1. The molecule has 2 bridgehead atoms. The summed E-state index contributed by atoms with van der Waals surface area (Å²) in [5.74, 6) is -1.04. The predicted molar refractivity (Wildman–Crippen MR) is 86.9 cm³/mol. The minimum Gasteiger partial charge on any atom is -0.493 e. The number of carboxylic acid groups (broad SMARTS) is 1. The van der Waals surface area contributed by atoms with Crippen molar-refractivity contribution in [2.24, 2.45) is 0 Å². The Kier molecular flexibility index (Phi) is 3.27. The number of nitrogens with zero attached hydrogens (tertiary/aromatic N) is 2. The Hall–Kier alpha value is -2.14. The van der Waals surface area contributed by atoms with Crippen molar-refractivity contribution >= 4 is 16.9 Å². The molecule has 2 N–H and O–H groups in total. The van der Waals surface area contributed by atoms with Crippen molar-refractivity contribution in [1.29, 1.82) is 0 Å². The molecule has 0 amide bonds. The van der Waals surface area contributed by atoms with E-state index in [9.17, 15) is 15.0 Å². The van der Waals surface area contributed by atoms with E-state index in [-0.39, 0.29) is 17.4 Å². The van der Waals surface area contributed by atoms with Crippen LogP contribution >= 0.6 is 0 Å². The molecule has 1 aromatic carbocycles. The molecule has 2 aliphatic heterocycles. The Labute approximate surface area is 134 Å². The number of piperidine rings is 1. The molecule has 23 heavy (non-hydrogen) atoms. The summed E-state index contributed by atoms with van der Waals surface area (Å²) >= 11 is 0. The highest BCUT2D eigenvalue weighted by Crippen LogP contribution is 2.46. The first-order valence-electron chi connectivity index (χ1n) is 8.13. The summed E-state index contributed by atoms with van der Waals surface area (Å²) in [5.41, 5.74) is 1.28. The van der Waals surface area contributed by atoms with Gasteiger partial charge in [0.05, 0.1) is 11.1 Å². The summed E-state index contributed by atoms with van der Waals surface area (Å²) in [6, 6.07) is 8.09. The van der Waals surface area contributed by atoms with Gasteiger partial charge in [-0.3, -0.25) is 0 Å². The molecule has 2 saturated heterocycles. The van der Waals surface area contributed by atoms with E-state index in [0.29, 0.717) is 28.6 Å². The maximum Gasteiger partial charge on any atom is 0.336 e. The van der Waals surface area contributed by atoms with Gasteiger partial charge in [-0.1, -0.05) is 18.2 Å². The van der Waals surface area contributed by atoms with Gasteiger partial charge in [0.25, 0.3) is 0 Å². The molecule has 5 nitrogen and oxygen atoms in total. The average Bonchev–Trinajstić information content (AvgIpc) is 2.74. The number of hydrogen-bond acceptors (Lipinski definition) is 4. The van der Waals surface area contributed by atoms with Crippen molar-refractivity contribution in [3.8, 4) is 5.88 Å². The van der Waals surface area contributed by atoms with E-state index in [1.807, 2.05) is 6.07 Å². The number of carbonyl (C=O) groups is 1. The van der Waals surface area contributed by atoms with Crippen LogP contribution in [0.3, 0.4) is 0 Å². The molecule has 0 aliphatic carbocycles. The van der Waals surface area contributed by atoms with Crippen LogP contribution in [-0.4, -0.2) is 45.2 Å². The quantitative estimate of drug-likeness (QED) is 0.892. The summed E-state index contributed by atoms with van der Waals surface area (Å²) in [6.45, 7) is 0. The second kappa shape index (κ2) is 5.20. The van der Waals surface area contributed by atoms with Crippen LogP contribution in [0.5, 0.6) is 5.88 Å². The molecule has 2 atom stereocenters. The minimum atomic E-state index is -0.986. The fraction of sp³-hybridized carbons (Fsp3) is 0.444. The van der Waals surface area contributed by atoms with E-state index in [1.165, 1.54) is 0 Å². The van der Waals surface area contributed by atoms with Crippen LogP contribution in [0.1, 0.15) is 47.5 Å². The second-order valence-electron chi connectivity index (χ2n) is 6.77. The Morgan fingerprint density at radius 1 is 1.22 bits per heavy atom. The number of pyridine rings is 1. The van der Waals surface area contributed by atoms with Crippen LogP contribution in [0.15, 0.2) is 24.3 Å². The number of para-hydroxylation sites is 1. The molecular formula is C18H20N2O3. The first-order valence-corrected chi connectivity index (χ1v) is 8.13. The third-order valence-corrected chi connectivity index (χ3v) is 5.63. The number of benzene rings is 1. The minimum absolute atomic E-state index is 0.0620. The molecule has 4 rings (SSSR count). The van der Waals surface area contributed by atoms with Gasteiger partial charge < -0.3 is 15.1 Å². The highest BCUT2D eigenvalue weighted by atomic mass is 16.4. The van der Waals surface area contributed by atoms with Crippen LogP contribution in [0.4, 0.5) is 0 Å². The van der Waals surface area contributed by atoms with Gasteiger partial charge >= 0.3 is 5.97 Å². The predicted octanol–water partition coefficient (Wildman–Crippen LogP) is 2.98. The maximum atomic E-state index is 11.9. The third kappa shape index (κ3) is 2.18. The lowest BCUT2D eigenvalue weighted by molar-refractivity contribution is 0.0694. The summed E-state index contributed by atoms with van der Waals surface area (Å²) in [5, 5.41) is 20.8. The van der Waals surface area contributed by atoms with Gasteiger partial charge in [-0.25, -0.2) is 9.78 Å². The van der Waals surface area contributed by atoms with Crippen LogP contribution in [0.2, 0.25) is 0 Å². The largest absolute Gasteiger partial charge is 0.493 e. The van der Waals surface area contributed by atoms with Crippen LogP contribution < -0.4 is 0 Å². The standard InChI is InChI=1S/C18H20N2O3/c1-20-11-6-7-12(20)9-10(8-11)15-16(18(22)23)13-4-2-3-5-14(13)19-17(15)21/h2-5,10-12H,6-9H2,1H3,(H,19,21)(H,22,23). The fourth-order valence-electron chi connectivity index (χ4n) is 4.48. The van der Waals surface area contributed by atoms with Gasteiger partial charge in [-0.05, 0) is 44.7 Å². The molecular weight excluding hydrogens is 292 g/mol. The molecule has 120 valence electrons. The molecule has 2 fully saturated rings. The molecule has 0 spiro atoms. The van der Waals surface area contributed by atoms with Gasteiger partial charge in [0.2, 0.25) is 5.88 Å². The zero-order valence-electron chi connectivity index (χ0n) is 13.1. The van der Waals surface area contributed by atoms with Gasteiger partial charge in [-0.2, -0.15) is 0 Å². The Morgan fingerprint density at radius 2 is 1.87 bits per heavy atom. The zero-order chi connectivity index (χ0) is 16.1. The third-order valence-electron chi connectivity index (χ3n) is 5.63. The second-order valence-corrected chi connectivity index (χ2v) is 6.77. The fourth-order valence-corrected chi connectivity index (χ4v) is 4.48. The molecule has 5 heteroatoms. The van der Waals surface area contributed by atoms with E-state index in [4.69, 9.17) is 0 Å². The number of aromatic carboxylic acids is 1.